The minimum absolute atomic E-state index is 0.0651. The molecule has 3 aromatic rings. The van der Waals surface area contributed by atoms with E-state index in [1.54, 1.807) is 24.3 Å². The SMILES string of the molecule is Nc1onc(-c2cccc(=O)[nH]2)c1-c1cccc(F)c1. The van der Waals surface area contributed by atoms with E-state index in [1.165, 1.54) is 18.2 Å². The van der Waals surface area contributed by atoms with Crippen LogP contribution in [0.1, 0.15) is 0 Å². The lowest BCUT2D eigenvalue weighted by Crippen LogP contribution is -2.04. The van der Waals surface area contributed by atoms with Gasteiger partial charge in [-0.15, -0.1) is 0 Å². The van der Waals surface area contributed by atoms with Crippen molar-refractivity contribution in [3.8, 4) is 22.5 Å². The number of nitrogens with zero attached hydrogens (tertiary/aromatic N) is 1. The molecule has 3 rings (SSSR count). The lowest BCUT2D eigenvalue weighted by atomic mass is 10.0. The Bertz CT molecular complexity index is 823. The van der Waals surface area contributed by atoms with Crippen LogP contribution in [-0.2, 0) is 0 Å². The number of nitrogens with two attached hydrogens (primary N) is 1. The highest BCUT2D eigenvalue weighted by molar-refractivity contribution is 5.85. The Kier molecular flexibility index (Phi) is 2.83. The van der Waals surface area contributed by atoms with Crippen LogP contribution < -0.4 is 11.3 Å². The van der Waals surface area contributed by atoms with Crippen LogP contribution in [0.25, 0.3) is 22.5 Å². The van der Waals surface area contributed by atoms with Crippen LogP contribution in [0.15, 0.2) is 51.8 Å². The van der Waals surface area contributed by atoms with Crippen LogP contribution in [0.3, 0.4) is 0 Å². The molecule has 0 aliphatic carbocycles. The molecule has 0 amide bonds. The minimum Gasteiger partial charge on any atom is -0.367 e. The number of anilines is 1. The van der Waals surface area contributed by atoms with E-state index in [1.807, 2.05) is 0 Å². The largest absolute Gasteiger partial charge is 0.367 e. The first-order valence-electron chi connectivity index (χ1n) is 5.86. The van der Waals surface area contributed by atoms with Gasteiger partial charge in [-0.1, -0.05) is 23.4 Å². The van der Waals surface area contributed by atoms with Crippen LogP contribution in [0, 0.1) is 5.82 Å². The molecule has 0 aliphatic heterocycles. The normalized spacial score (nSPS) is 10.7. The topological polar surface area (TPSA) is 84.9 Å². The summed E-state index contributed by atoms with van der Waals surface area (Å²) in [5.74, 6) is -0.328. The Morgan fingerprint density at radius 3 is 2.75 bits per heavy atom. The number of pyridine rings is 1. The van der Waals surface area contributed by atoms with E-state index in [9.17, 15) is 9.18 Å². The summed E-state index contributed by atoms with van der Waals surface area (Å²) in [6.45, 7) is 0. The van der Waals surface area contributed by atoms with E-state index >= 15 is 0 Å². The van der Waals surface area contributed by atoms with E-state index in [2.05, 4.69) is 10.1 Å². The number of hydrogen-bond acceptors (Lipinski definition) is 4. The van der Waals surface area contributed by atoms with Gasteiger partial charge in [0.05, 0.1) is 11.3 Å². The summed E-state index contributed by atoms with van der Waals surface area (Å²) in [6, 6.07) is 10.6. The first kappa shape index (κ1) is 12.2. The van der Waals surface area contributed by atoms with Gasteiger partial charge in [-0.2, -0.15) is 0 Å². The first-order chi connectivity index (χ1) is 9.65. The van der Waals surface area contributed by atoms with Gasteiger partial charge in [0.2, 0.25) is 11.4 Å². The molecule has 6 heteroatoms. The molecule has 0 bridgehead atoms. The van der Waals surface area contributed by atoms with Crippen LogP contribution in [-0.4, -0.2) is 10.1 Å². The molecule has 1 aromatic carbocycles. The molecule has 0 atom stereocenters. The van der Waals surface area contributed by atoms with E-state index < -0.39 is 5.82 Å². The van der Waals surface area contributed by atoms with Crippen molar-refractivity contribution in [3.05, 3.63) is 58.6 Å². The molecule has 5 nitrogen and oxygen atoms in total. The van der Waals surface area contributed by atoms with Crippen LogP contribution in [0.5, 0.6) is 0 Å². The molecule has 0 unspecified atom stereocenters. The Morgan fingerprint density at radius 2 is 2.00 bits per heavy atom. The number of H-pyrrole nitrogens is 1. The minimum atomic E-state index is -0.393. The highest BCUT2D eigenvalue weighted by Crippen LogP contribution is 2.35. The maximum atomic E-state index is 13.3. The summed E-state index contributed by atoms with van der Waals surface area (Å²) >= 11 is 0. The van der Waals surface area contributed by atoms with Crippen LogP contribution >= 0.6 is 0 Å². The fourth-order valence-electron chi connectivity index (χ4n) is 2.00. The van der Waals surface area contributed by atoms with Gasteiger partial charge in [0.15, 0.2) is 0 Å². The molecule has 0 aliphatic rings. The second-order valence-electron chi connectivity index (χ2n) is 4.21. The van der Waals surface area contributed by atoms with Crippen molar-refractivity contribution in [1.82, 2.24) is 10.1 Å². The summed E-state index contributed by atoms with van der Waals surface area (Å²) in [6.07, 6.45) is 0. The number of nitrogen functional groups attached to an aromatic ring is 1. The smallest absolute Gasteiger partial charge is 0.248 e. The fraction of sp³-hybridized carbons (Fsp3) is 0. The maximum absolute atomic E-state index is 13.3. The monoisotopic (exact) mass is 271 g/mol. The Morgan fingerprint density at radius 1 is 1.20 bits per heavy atom. The summed E-state index contributed by atoms with van der Waals surface area (Å²) in [4.78, 5) is 14.0. The van der Waals surface area contributed by atoms with Crippen molar-refractivity contribution in [1.29, 1.82) is 0 Å². The van der Waals surface area contributed by atoms with E-state index in [-0.39, 0.29) is 11.4 Å². The average molecular weight is 271 g/mol. The molecule has 2 aromatic heterocycles. The van der Waals surface area contributed by atoms with E-state index in [4.69, 9.17) is 10.3 Å². The van der Waals surface area contributed by atoms with Gasteiger partial charge < -0.3 is 15.2 Å². The first-order valence-corrected chi connectivity index (χ1v) is 5.86. The summed E-state index contributed by atoms with van der Waals surface area (Å²) in [5.41, 5.74) is 7.29. The van der Waals surface area contributed by atoms with Crippen molar-refractivity contribution in [2.24, 2.45) is 0 Å². The van der Waals surface area contributed by atoms with E-state index in [0.717, 1.165) is 0 Å². The molecule has 3 N–H and O–H groups in total. The van der Waals surface area contributed by atoms with Crippen molar-refractivity contribution < 1.29 is 8.91 Å². The molecule has 2 heterocycles. The van der Waals surface area contributed by atoms with Crippen molar-refractivity contribution in [2.75, 3.05) is 5.73 Å². The molecular weight excluding hydrogens is 261 g/mol. The molecule has 100 valence electrons. The third kappa shape index (κ3) is 2.07. The number of hydrogen-bond donors (Lipinski definition) is 2. The summed E-state index contributed by atoms with van der Waals surface area (Å²) in [7, 11) is 0. The Hall–Kier alpha value is -2.89. The summed E-state index contributed by atoms with van der Waals surface area (Å²) in [5, 5.41) is 3.84. The standard InChI is InChI=1S/C14H10FN3O2/c15-9-4-1-3-8(7-9)12-13(18-20-14(12)16)10-5-2-6-11(19)17-10/h1-7H,16H2,(H,17,19). The molecule has 0 spiro atoms. The number of benzene rings is 1. The lowest BCUT2D eigenvalue weighted by Gasteiger charge is -2.02. The molecule has 0 saturated carbocycles. The van der Waals surface area contributed by atoms with Gasteiger partial charge in [-0.05, 0) is 23.8 Å². The molecule has 0 radical (unpaired) electrons. The Labute approximate surface area is 112 Å². The Balaban J connectivity index is 2.22. The molecule has 20 heavy (non-hydrogen) atoms. The fourth-order valence-corrected chi connectivity index (χ4v) is 2.00. The van der Waals surface area contributed by atoms with Crippen molar-refractivity contribution in [2.45, 2.75) is 0 Å². The predicted octanol–water partition coefficient (Wildman–Crippen LogP) is 2.42. The highest BCUT2D eigenvalue weighted by atomic mass is 19.1. The average Bonchev–Trinajstić information content (AvgIpc) is 2.80. The van der Waals surface area contributed by atoms with Gasteiger partial charge in [0.25, 0.3) is 0 Å². The second-order valence-corrected chi connectivity index (χ2v) is 4.21. The zero-order valence-electron chi connectivity index (χ0n) is 10.3. The number of rotatable bonds is 2. The summed E-state index contributed by atoms with van der Waals surface area (Å²) < 4.78 is 18.3. The van der Waals surface area contributed by atoms with Crippen molar-refractivity contribution in [3.63, 3.8) is 0 Å². The zero-order chi connectivity index (χ0) is 14.1. The number of nitrogens with one attached hydrogen (secondary N) is 1. The highest BCUT2D eigenvalue weighted by Gasteiger charge is 2.18. The maximum Gasteiger partial charge on any atom is 0.248 e. The number of aromatic amines is 1. The third-order valence-corrected chi connectivity index (χ3v) is 2.86. The quantitative estimate of drug-likeness (QED) is 0.749. The third-order valence-electron chi connectivity index (χ3n) is 2.86. The van der Waals surface area contributed by atoms with Gasteiger partial charge >= 0.3 is 0 Å². The van der Waals surface area contributed by atoms with Gasteiger partial charge in [-0.25, -0.2) is 4.39 Å². The lowest BCUT2D eigenvalue weighted by molar-refractivity contribution is 0.439. The van der Waals surface area contributed by atoms with E-state index in [0.29, 0.717) is 22.5 Å². The second kappa shape index (κ2) is 4.65. The zero-order valence-corrected chi connectivity index (χ0v) is 10.3. The number of halogens is 1. The number of aromatic nitrogens is 2. The predicted molar refractivity (Wildman–Crippen MR) is 72.4 cm³/mol. The van der Waals surface area contributed by atoms with Crippen molar-refractivity contribution >= 4 is 5.88 Å². The van der Waals surface area contributed by atoms with Crippen LogP contribution in [0.2, 0.25) is 0 Å². The van der Waals surface area contributed by atoms with Gasteiger partial charge in [0.1, 0.15) is 11.5 Å². The van der Waals surface area contributed by atoms with Gasteiger partial charge in [0, 0.05) is 6.07 Å². The van der Waals surface area contributed by atoms with Gasteiger partial charge in [-0.3, -0.25) is 4.79 Å². The molecule has 0 saturated heterocycles. The molecule has 0 fully saturated rings. The molecular formula is C14H10FN3O2. The van der Waals surface area contributed by atoms with Crippen LogP contribution in [0.4, 0.5) is 10.3 Å².